The summed E-state index contributed by atoms with van der Waals surface area (Å²) in [5.41, 5.74) is 0.582. The Morgan fingerprint density at radius 3 is 2.43 bits per heavy atom. The minimum atomic E-state index is -3.97. The number of amides is 1. The van der Waals surface area contributed by atoms with E-state index in [2.05, 4.69) is 5.32 Å². The van der Waals surface area contributed by atoms with Gasteiger partial charge in [-0.2, -0.15) is 0 Å². The Bertz CT molecular complexity index is 1240. The summed E-state index contributed by atoms with van der Waals surface area (Å²) < 4.78 is 29.1. The van der Waals surface area contributed by atoms with Crippen LogP contribution in [0.5, 0.6) is 0 Å². The molecule has 0 saturated heterocycles. The quantitative estimate of drug-likeness (QED) is 0.628. The Balaban J connectivity index is 1.95. The number of carbonyl (C=O) groups is 1. The maximum absolute atomic E-state index is 13.3. The predicted molar refractivity (Wildman–Crippen MR) is 118 cm³/mol. The van der Waals surface area contributed by atoms with Gasteiger partial charge < -0.3 is 9.88 Å². The van der Waals surface area contributed by atoms with Gasteiger partial charge in [-0.05, 0) is 43.3 Å². The number of para-hydroxylation sites is 1. The molecule has 1 N–H and O–H groups in total. The van der Waals surface area contributed by atoms with Gasteiger partial charge in [-0.1, -0.05) is 29.8 Å². The number of nitrogens with zero attached hydrogens (tertiary/aromatic N) is 2. The number of anilines is 2. The molecule has 0 aliphatic rings. The van der Waals surface area contributed by atoms with Crippen LogP contribution in [-0.4, -0.2) is 25.4 Å². The van der Waals surface area contributed by atoms with Gasteiger partial charge in [-0.25, -0.2) is 8.42 Å². The van der Waals surface area contributed by atoms with E-state index < -0.39 is 15.9 Å². The summed E-state index contributed by atoms with van der Waals surface area (Å²) in [7, 11) is -2.40. The normalized spacial score (nSPS) is 11.2. The molecule has 0 atom stereocenters. The number of halogens is 1. The maximum atomic E-state index is 13.3. The first kappa shape index (κ1) is 21.6. The molecule has 156 valence electrons. The molecule has 7 nitrogen and oxygen atoms in total. The Labute approximate surface area is 179 Å². The van der Waals surface area contributed by atoms with Crippen LogP contribution >= 0.6 is 11.6 Å². The van der Waals surface area contributed by atoms with Crippen LogP contribution in [0.1, 0.15) is 17.3 Å². The monoisotopic (exact) mass is 445 g/mol. The molecule has 0 bridgehead atoms. The van der Waals surface area contributed by atoms with E-state index >= 15 is 0 Å². The van der Waals surface area contributed by atoms with Crippen LogP contribution in [0.15, 0.2) is 76.6 Å². The first-order valence-corrected chi connectivity index (χ1v) is 10.9. The largest absolute Gasteiger partial charge is 0.322 e. The first-order valence-electron chi connectivity index (χ1n) is 9.09. The van der Waals surface area contributed by atoms with E-state index in [4.69, 9.17) is 11.6 Å². The van der Waals surface area contributed by atoms with E-state index in [1.807, 2.05) is 0 Å². The number of rotatable bonds is 6. The molecule has 0 spiro atoms. The van der Waals surface area contributed by atoms with Crippen molar-refractivity contribution >= 4 is 38.9 Å². The molecule has 2 aromatic carbocycles. The van der Waals surface area contributed by atoms with Crippen molar-refractivity contribution in [3.05, 3.63) is 87.8 Å². The van der Waals surface area contributed by atoms with E-state index in [0.29, 0.717) is 5.69 Å². The summed E-state index contributed by atoms with van der Waals surface area (Å²) in [5, 5.41) is 2.65. The molecule has 3 aromatic rings. The average molecular weight is 446 g/mol. The lowest BCUT2D eigenvalue weighted by Gasteiger charge is -2.23. The van der Waals surface area contributed by atoms with Gasteiger partial charge in [0.05, 0.1) is 10.7 Å². The van der Waals surface area contributed by atoms with Crippen LogP contribution in [0, 0.1) is 0 Å². The summed E-state index contributed by atoms with van der Waals surface area (Å²) in [4.78, 5) is 24.1. The third kappa shape index (κ3) is 4.39. The molecule has 9 heteroatoms. The fourth-order valence-electron chi connectivity index (χ4n) is 2.88. The highest BCUT2D eigenvalue weighted by Gasteiger charge is 2.26. The molecular formula is C21H20ClN3O4S. The Morgan fingerprint density at radius 2 is 1.80 bits per heavy atom. The zero-order valence-corrected chi connectivity index (χ0v) is 17.9. The summed E-state index contributed by atoms with van der Waals surface area (Å²) in [6.07, 6.45) is 1.48. The van der Waals surface area contributed by atoms with E-state index in [9.17, 15) is 18.0 Å². The highest BCUT2D eigenvalue weighted by Crippen LogP contribution is 2.30. The van der Waals surface area contributed by atoms with Gasteiger partial charge >= 0.3 is 0 Å². The lowest BCUT2D eigenvalue weighted by molar-refractivity contribution is 0.102. The highest BCUT2D eigenvalue weighted by molar-refractivity contribution is 7.93. The number of aromatic nitrogens is 1. The van der Waals surface area contributed by atoms with Gasteiger partial charge in [0.2, 0.25) is 0 Å². The van der Waals surface area contributed by atoms with Crippen molar-refractivity contribution in [1.29, 1.82) is 0 Å². The number of benzene rings is 2. The van der Waals surface area contributed by atoms with Crippen molar-refractivity contribution in [2.45, 2.75) is 11.8 Å². The van der Waals surface area contributed by atoms with E-state index in [1.165, 1.54) is 45.4 Å². The van der Waals surface area contributed by atoms with E-state index in [0.717, 1.165) is 0 Å². The first-order chi connectivity index (χ1) is 14.2. The van der Waals surface area contributed by atoms with Crippen LogP contribution in [0.3, 0.4) is 0 Å². The summed E-state index contributed by atoms with van der Waals surface area (Å²) >= 11 is 6.20. The maximum Gasteiger partial charge on any atom is 0.265 e. The fourth-order valence-corrected chi connectivity index (χ4v) is 4.85. The molecule has 3 rings (SSSR count). The second-order valence-electron chi connectivity index (χ2n) is 6.47. The molecule has 0 aliphatic carbocycles. The number of sulfonamides is 1. The SMILES string of the molecule is CCN(c1ccccc1)S(=O)(=O)c1cc(NC(=O)c2ccn(C)c(=O)c2)ccc1Cl. The number of hydrogen-bond acceptors (Lipinski definition) is 4. The van der Waals surface area contributed by atoms with Crippen molar-refractivity contribution in [3.63, 3.8) is 0 Å². The lowest BCUT2D eigenvalue weighted by Crippen LogP contribution is -2.31. The van der Waals surface area contributed by atoms with Crippen molar-refractivity contribution in [1.82, 2.24) is 4.57 Å². The van der Waals surface area contributed by atoms with Crippen molar-refractivity contribution in [2.24, 2.45) is 7.05 Å². The average Bonchev–Trinajstić information content (AvgIpc) is 2.72. The van der Waals surface area contributed by atoms with Gasteiger partial charge in [0.25, 0.3) is 21.5 Å². The lowest BCUT2D eigenvalue weighted by atomic mass is 10.2. The molecule has 0 radical (unpaired) electrons. The number of carbonyl (C=O) groups excluding carboxylic acids is 1. The smallest absolute Gasteiger partial charge is 0.265 e. The molecule has 0 fully saturated rings. The number of pyridine rings is 1. The van der Waals surface area contributed by atoms with Gasteiger partial charge in [-0.3, -0.25) is 13.9 Å². The Hall–Kier alpha value is -3.10. The van der Waals surface area contributed by atoms with Crippen LogP contribution in [0.25, 0.3) is 0 Å². The second kappa shape index (κ2) is 8.73. The fraction of sp³-hybridized carbons (Fsp3) is 0.143. The van der Waals surface area contributed by atoms with Crippen LogP contribution in [0.2, 0.25) is 5.02 Å². The van der Waals surface area contributed by atoms with Crippen LogP contribution < -0.4 is 15.2 Å². The van der Waals surface area contributed by atoms with Crippen molar-refractivity contribution < 1.29 is 13.2 Å². The molecule has 30 heavy (non-hydrogen) atoms. The van der Waals surface area contributed by atoms with Gasteiger partial charge in [-0.15, -0.1) is 0 Å². The van der Waals surface area contributed by atoms with Gasteiger partial charge in [0, 0.05) is 37.1 Å². The minimum absolute atomic E-state index is 0.0379. The standard InChI is InChI=1S/C21H20ClN3O4S/c1-3-25(17-7-5-4-6-8-17)30(28,29)19-14-16(9-10-18(19)22)23-21(27)15-11-12-24(2)20(26)13-15/h4-14H,3H2,1-2H3,(H,23,27). The molecule has 0 unspecified atom stereocenters. The third-order valence-corrected chi connectivity index (χ3v) is 6.84. The third-order valence-electron chi connectivity index (χ3n) is 4.46. The molecular weight excluding hydrogens is 426 g/mol. The van der Waals surface area contributed by atoms with E-state index in [1.54, 1.807) is 44.3 Å². The van der Waals surface area contributed by atoms with Gasteiger partial charge in [0.15, 0.2) is 0 Å². The van der Waals surface area contributed by atoms with Crippen molar-refractivity contribution in [2.75, 3.05) is 16.2 Å². The summed E-state index contributed by atoms with van der Waals surface area (Å²) in [5.74, 6) is -0.534. The van der Waals surface area contributed by atoms with Gasteiger partial charge in [0.1, 0.15) is 4.90 Å². The number of hydrogen-bond donors (Lipinski definition) is 1. The van der Waals surface area contributed by atoms with E-state index in [-0.39, 0.29) is 33.3 Å². The number of nitrogens with one attached hydrogen (secondary N) is 1. The zero-order valence-electron chi connectivity index (χ0n) is 16.4. The topological polar surface area (TPSA) is 88.5 Å². The summed E-state index contributed by atoms with van der Waals surface area (Å²) in [6.45, 7) is 1.92. The Morgan fingerprint density at radius 1 is 1.10 bits per heavy atom. The second-order valence-corrected chi connectivity index (χ2v) is 8.71. The molecule has 1 heterocycles. The Kier molecular flexibility index (Phi) is 6.28. The number of aryl methyl sites for hydroxylation is 1. The molecule has 0 aliphatic heterocycles. The highest BCUT2D eigenvalue weighted by atomic mass is 35.5. The predicted octanol–water partition coefficient (Wildman–Crippen LogP) is 3.51. The molecule has 1 aromatic heterocycles. The molecule has 1 amide bonds. The van der Waals surface area contributed by atoms with Crippen LogP contribution in [-0.2, 0) is 17.1 Å². The zero-order chi connectivity index (χ0) is 21.9. The van der Waals surface area contributed by atoms with Crippen LogP contribution in [0.4, 0.5) is 11.4 Å². The summed E-state index contributed by atoms with van der Waals surface area (Å²) in [6, 6.07) is 15.6. The minimum Gasteiger partial charge on any atom is -0.322 e. The molecule has 0 saturated carbocycles. The van der Waals surface area contributed by atoms with Crippen molar-refractivity contribution in [3.8, 4) is 0 Å².